The largest absolute Gasteiger partial charge is 0.473 e. The maximum atomic E-state index is 11.2. The lowest BCUT2D eigenvalue weighted by atomic mass is 10.2. The zero-order valence-electron chi connectivity index (χ0n) is 9.58. The highest BCUT2D eigenvalue weighted by Crippen LogP contribution is 2.23. The van der Waals surface area contributed by atoms with Gasteiger partial charge >= 0.3 is 0 Å². The highest BCUT2D eigenvalue weighted by molar-refractivity contribution is 8.13. The smallest absolute Gasteiger partial charge is 0.278 e. The van der Waals surface area contributed by atoms with Gasteiger partial charge < -0.3 is 4.74 Å². The molecule has 2 aromatic rings. The van der Waals surface area contributed by atoms with Crippen LogP contribution < -0.4 is 4.74 Å². The van der Waals surface area contributed by atoms with Crippen molar-refractivity contribution >= 4 is 31.3 Å². The number of halogens is 2. The minimum absolute atomic E-state index is 0.107. The molecule has 0 aliphatic carbocycles. The highest BCUT2D eigenvalue weighted by Gasteiger charge is 2.14. The third kappa shape index (κ3) is 4.09. The summed E-state index contributed by atoms with van der Waals surface area (Å²) in [6.07, 6.45) is 0. The fourth-order valence-electron chi connectivity index (χ4n) is 1.38. The summed E-state index contributed by atoms with van der Waals surface area (Å²) >= 11 is 5.79. The van der Waals surface area contributed by atoms with Crippen molar-refractivity contribution in [1.82, 2.24) is 4.98 Å². The van der Waals surface area contributed by atoms with Gasteiger partial charge in [-0.3, -0.25) is 0 Å². The summed E-state index contributed by atoms with van der Waals surface area (Å²) in [7, 11) is 1.28. The monoisotopic (exact) mass is 317 g/mol. The van der Waals surface area contributed by atoms with Crippen molar-refractivity contribution < 1.29 is 13.2 Å². The Morgan fingerprint density at radius 2 is 1.84 bits per heavy atom. The quantitative estimate of drug-likeness (QED) is 0.812. The molecule has 0 fully saturated rings. The lowest BCUT2D eigenvalue weighted by molar-refractivity contribution is 0.291. The van der Waals surface area contributed by atoms with Gasteiger partial charge in [-0.15, -0.1) is 0 Å². The molecule has 19 heavy (non-hydrogen) atoms. The minimum Gasteiger partial charge on any atom is -0.473 e. The predicted molar refractivity (Wildman–Crippen MR) is 73.1 cm³/mol. The first-order chi connectivity index (χ1) is 8.95. The molecule has 0 unspecified atom stereocenters. The van der Waals surface area contributed by atoms with Crippen molar-refractivity contribution in [3.8, 4) is 5.88 Å². The van der Waals surface area contributed by atoms with Crippen LogP contribution in [-0.2, 0) is 15.7 Å². The van der Waals surface area contributed by atoms with Crippen LogP contribution in [-0.4, -0.2) is 13.4 Å². The van der Waals surface area contributed by atoms with Crippen LogP contribution >= 0.6 is 22.3 Å². The number of ether oxygens (including phenoxy) is 1. The lowest BCUT2D eigenvalue weighted by Gasteiger charge is -2.06. The molecule has 1 aromatic carbocycles. The SMILES string of the molecule is O=S(=O)(Cl)c1cc(Cl)cc(OCc2ccccc2)n1. The van der Waals surface area contributed by atoms with E-state index < -0.39 is 9.05 Å². The molecule has 0 aliphatic heterocycles. The second kappa shape index (κ2) is 5.77. The fraction of sp³-hybridized carbons (Fsp3) is 0.0833. The molecule has 0 saturated heterocycles. The Morgan fingerprint density at radius 3 is 2.47 bits per heavy atom. The van der Waals surface area contributed by atoms with Gasteiger partial charge in [0.2, 0.25) is 5.88 Å². The summed E-state index contributed by atoms with van der Waals surface area (Å²) in [5.41, 5.74) is 0.930. The van der Waals surface area contributed by atoms with Gasteiger partial charge in [-0.2, -0.15) is 0 Å². The van der Waals surface area contributed by atoms with Gasteiger partial charge in [0.15, 0.2) is 5.03 Å². The van der Waals surface area contributed by atoms with E-state index >= 15 is 0 Å². The first-order valence-corrected chi connectivity index (χ1v) is 7.93. The zero-order chi connectivity index (χ0) is 13.9. The first-order valence-electron chi connectivity index (χ1n) is 5.24. The maximum absolute atomic E-state index is 11.2. The highest BCUT2D eigenvalue weighted by atomic mass is 35.7. The summed E-state index contributed by atoms with van der Waals surface area (Å²) in [6.45, 7) is 0.260. The third-order valence-corrected chi connectivity index (χ3v) is 3.62. The number of nitrogens with zero attached hydrogens (tertiary/aromatic N) is 1. The second-order valence-electron chi connectivity index (χ2n) is 3.67. The third-order valence-electron chi connectivity index (χ3n) is 2.22. The van der Waals surface area contributed by atoms with E-state index in [4.69, 9.17) is 27.0 Å². The van der Waals surface area contributed by atoms with Crippen molar-refractivity contribution in [2.24, 2.45) is 0 Å². The van der Waals surface area contributed by atoms with Crippen LogP contribution in [0.5, 0.6) is 5.88 Å². The second-order valence-corrected chi connectivity index (χ2v) is 6.62. The van der Waals surface area contributed by atoms with Crippen LogP contribution in [0, 0.1) is 0 Å². The van der Waals surface area contributed by atoms with E-state index in [1.807, 2.05) is 30.3 Å². The van der Waals surface area contributed by atoms with Crippen molar-refractivity contribution in [3.63, 3.8) is 0 Å². The van der Waals surface area contributed by atoms with Gasteiger partial charge in [-0.25, -0.2) is 13.4 Å². The van der Waals surface area contributed by atoms with E-state index in [9.17, 15) is 8.42 Å². The van der Waals surface area contributed by atoms with Gasteiger partial charge in [-0.05, 0) is 11.6 Å². The number of pyridine rings is 1. The number of hydrogen-bond donors (Lipinski definition) is 0. The molecule has 100 valence electrons. The average Bonchev–Trinajstić information content (AvgIpc) is 2.36. The van der Waals surface area contributed by atoms with E-state index in [2.05, 4.69) is 4.98 Å². The molecule has 0 spiro atoms. The Labute approximate surface area is 120 Å². The van der Waals surface area contributed by atoms with Crippen molar-refractivity contribution in [1.29, 1.82) is 0 Å². The molecule has 1 heterocycles. The van der Waals surface area contributed by atoms with Crippen LogP contribution in [0.3, 0.4) is 0 Å². The van der Waals surface area contributed by atoms with Gasteiger partial charge in [-0.1, -0.05) is 41.9 Å². The molecule has 0 radical (unpaired) electrons. The van der Waals surface area contributed by atoms with Gasteiger partial charge in [0.05, 0.1) is 0 Å². The summed E-state index contributed by atoms with van der Waals surface area (Å²) in [4.78, 5) is 3.79. The average molecular weight is 318 g/mol. The molecule has 1 aromatic heterocycles. The van der Waals surface area contributed by atoms with E-state index in [0.717, 1.165) is 5.56 Å². The molecule has 0 N–H and O–H groups in total. The molecule has 0 bridgehead atoms. The van der Waals surface area contributed by atoms with Crippen molar-refractivity contribution in [2.75, 3.05) is 0 Å². The molecular formula is C12H9Cl2NO3S. The van der Waals surface area contributed by atoms with Crippen LogP contribution in [0.4, 0.5) is 0 Å². The molecule has 0 aliphatic rings. The van der Waals surface area contributed by atoms with E-state index in [1.54, 1.807) is 0 Å². The van der Waals surface area contributed by atoms with E-state index in [1.165, 1.54) is 12.1 Å². The van der Waals surface area contributed by atoms with Crippen molar-refractivity contribution in [3.05, 3.63) is 53.1 Å². The van der Waals surface area contributed by atoms with Crippen LogP contribution in [0.15, 0.2) is 47.5 Å². The van der Waals surface area contributed by atoms with E-state index in [-0.39, 0.29) is 22.5 Å². The molecule has 0 saturated carbocycles. The molecule has 2 rings (SSSR count). The first kappa shape index (κ1) is 14.1. The number of aromatic nitrogens is 1. The normalized spacial score (nSPS) is 11.3. The molecule has 0 atom stereocenters. The van der Waals surface area contributed by atoms with Crippen molar-refractivity contribution in [2.45, 2.75) is 11.6 Å². The van der Waals surface area contributed by atoms with Gasteiger partial charge in [0.25, 0.3) is 9.05 Å². The number of rotatable bonds is 4. The predicted octanol–water partition coefficient (Wildman–Crippen LogP) is 3.24. The summed E-state index contributed by atoms with van der Waals surface area (Å²) in [5, 5.41) is -0.137. The molecule has 7 heteroatoms. The zero-order valence-corrected chi connectivity index (χ0v) is 11.9. The number of hydrogen-bond acceptors (Lipinski definition) is 4. The summed E-state index contributed by atoms with van der Waals surface area (Å²) < 4.78 is 27.8. The molecule has 0 amide bonds. The van der Waals surface area contributed by atoms with Crippen LogP contribution in [0.1, 0.15) is 5.56 Å². The minimum atomic E-state index is -3.93. The molecular weight excluding hydrogens is 309 g/mol. The summed E-state index contributed by atoms with van der Waals surface area (Å²) in [5.74, 6) is 0.107. The topological polar surface area (TPSA) is 56.3 Å². The van der Waals surface area contributed by atoms with E-state index in [0.29, 0.717) is 0 Å². The fourth-order valence-corrected chi connectivity index (χ4v) is 2.35. The molecule has 4 nitrogen and oxygen atoms in total. The van der Waals surface area contributed by atoms with Crippen LogP contribution in [0.2, 0.25) is 5.02 Å². The Hall–Kier alpha value is -1.30. The lowest BCUT2D eigenvalue weighted by Crippen LogP contribution is -2.01. The Balaban J connectivity index is 2.19. The van der Waals surface area contributed by atoms with Crippen LogP contribution in [0.25, 0.3) is 0 Å². The van der Waals surface area contributed by atoms with Gasteiger partial charge in [0, 0.05) is 21.8 Å². The Bertz CT molecular complexity index is 675. The summed E-state index contributed by atoms with van der Waals surface area (Å²) in [6, 6.07) is 12.0. The Kier molecular flexibility index (Phi) is 4.29. The Morgan fingerprint density at radius 1 is 1.16 bits per heavy atom. The van der Waals surface area contributed by atoms with Gasteiger partial charge in [0.1, 0.15) is 6.61 Å². The number of benzene rings is 1. The standard InChI is InChI=1S/C12H9Cl2NO3S/c13-10-6-11(15-12(7-10)19(14,16)17)18-8-9-4-2-1-3-5-9/h1-7H,8H2. The maximum Gasteiger partial charge on any atom is 0.278 e.